The van der Waals surface area contributed by atoms with Crippen LogP contribution in [0.25, 0.3) is 11.0 Å². The number of imidazole rings is 1. The number of aromatic nitrogens is 2. The highest BCUT2D eigenvalue weighted by Crippen LogP contribution is 2.24. The van der Waals surface area contributed by atoms with Gasteiger partial charge in [-0.2, -0.15) is 0 Å². The zero-order valence-electron chi connectivity index (χ0n) is 11.1. The molecule has 0 aliphatic rings. The van der Waals surface area contributed by atoms with Crippen molar-refractivity contribution in [2.45, 2.75) is 19.9 Å². The van der Waals surface area contributed by atoms with Crippen LogP contribution in [0.2, 0.25) is 0 Å². The molecular formula is C15H14ClIN2S. The first kappa shape index (κ1) is 14.4. The van der Waals surface area contributed by atoms with E-state index in [4.69, 9.17) is 16.6 Å². The van der Waals surface area contributed by atoms with Crippen LogP contribution in [0.5, 0.6) is 0 Å². The van der Waals surface area contributed by atoms with E-state index in [0.29, 0.717) is 5.88 Å². The summed E-state index contributed by atoms with van der Waals surface area (Å²) in [6.07, 6.45) is 0.803. The number of rotatable bonds is 4. The molecule has 20 heavy (non-hydrogen) atoms. The molecule has 0 unspecified atom stereocenters. The van der Waals surface area contributed by atoms with Crippen molar-refractivity contribution in [1.29, 1.82) is 0 Å². The van der Waals surface area contributed by atoms with Crippen LogP contribution in [-0.2, 0) is 13.0 Å². The molecule has 104 valence electrons. The third-order valence-corrected chi connectivity index (χ3v) is 5.25. The van der Waals surface area contributed by atoms with E-state index < -0.39 is 0 Å². The summed E-state index contributed by atoms with van der Waals surface area (Å²) in [5, 5.41) is 2.15. The van der Waals surface area contributed by atoms with Gasteiger partial charge in [0, 0.05) is 20.7 Å². The summed E-state index contributed by atoms with van der Waals surface area (Å²) >= 11 is 10.1. The molecule has 0 atom stereocenters. The van der Waals surface area contributed by atoms with Crippen molar-refractivity contribution < 1.29 is 0 Å². The zero-order chi connectivity index (χ0) is 14.1. The van der Waals surface area contributed by atoms with Gasteiger partial charge in [0.25, 0.3) is 0 Å². The predicted molar refractivity (Wildman–Crippen MR) is 95.0 cm³/mol. The minimum atomic E-state index is 0.601. The smallest absolute Gasteiger partial charge is 0.111 e. The maximum Gasteiger partial charge on any atom is 0.111 e. The van der Waals surface area contributed by atoms with Gasteiger partial charge in [0.2, 0.25) is 0 Å². The van der Waals surface area contributed by atoms with Crippen LogP contribution in [0.4, 0.5) is 0 Å². The average molecular weight is 417 g/mol. The second-order valence-electron chi connectivity index (χ2n) is 4.71. The van der Waals surface area contributed by atoms with Crippen LogP contribution in [0.15, 0.2) is 29.6 Å². The molecule has 5 heteroatoms. The fourth-order valence-electron chi connectivity index (χ4n) is 2.31. The number of benzene rings is 1. The standard InChI is InChI=1S/C15H14ClIN2S/c1-10-5-7-20-14(10)9-19-13-3-2-11(17)8-12(13)18-15(19)4-6-16/h2-3,5,7-8H,4,6,9H2,1H3. The Balaban J connectivity index is 2.11. The van der Waals surface area contributed by atoms with Crippen LogP contribution in [0.3, 0.4) is 0 Å². The first-order valence-corrected chi connectivity index (χ1v) is 8.92. The number of nitrogens with zero attached hydrogens (tertiary/aromatic N) is 2. The van der Waals surface area contributed by atoms with Crippen molar-refractivity contribution in [2.24, 2.45) is 0 Å². The number of thiophene rings is 1. The number of hydrogen-bond acceptors (Lipinski definition) is 2. The number of aryl methyl sites for hydroxylation is 2. The van der Waals surface area contributed by atoms with E-state index in [1.165, 1.54) is 19.5 Å². The van der Waals surface area contributed by atoms with Gasteiger partial charge in [0.1, 0.15) is 5.82 Å². The molecule has 0 amide bonds. The molecule has 0 aliphatic carbocycles. The van der Waals surface area contributed by atoms with Crippen molar-refractivity contribution in [3.05, 3.63) is 49.5 Å². The summed E-state index contributed by atoms with van der Waals surface area (Å²) in [5.41, 5.74) is 3.60. The fraction of sp³-hybridized carbons (Fsp3) is 0.267. The van der Waals surface area contributed by atoms with Crippen molar-refractivity contribution >= 4 is 56.6 Å². The van der Waals surface area contributed by atoms with Crippen LogP contribution < -0.4 is 0 Å². The van der Waals surface area contributed by atoms with Crippen molar-refractivity contribution in [3.8, 4) is 0 Å². The lowest BCUT2D eigenvalue weighted by Crippen LogP contribution is -2.05. The molecule has 2 heterocycles. The number of hydrogen-bond donors (Lipinski definition) is 0. The number of halogens is 2. The van der Waals surface area contributed by atoms with Gasteiger partial charge in [-0.25, -0.2) is 4.98 Å². The van der Waals surface area contributed by atoms with Crippen molar-refractivity contribution in [2.75, 3.05) is 5.88 Å². The molecule has 1 aromatic carbocycles. The van der Waals surface area contributed by atoms with Crippen LogP contribution in [-0.4, -0.2) is 15.4 Å². The van der Waals surface area contributed by atoms with Gasteiger partial charge in [-0.05, 0) is 64.7 Å². The van der Waals surface area contributed by atoms with Gasteiger partial charge in [-0.3, -0.25) is 0 Å². The second-order valence-corrected chi connectivity index (χ2v) is 7.34. The van der Waals surface area contributed by atoms with Gasteiger partial charge >= 0.3 is 0 Å². The lowest BCUT2D eigenvalue weighted by molar-refractivity contribution is 0.760. The van der Waals surface area contributed by atoms with Crippen LogP contribution in [0.1, 0.15) is 16.3 Å². The molecule has 0 fully saturated rings. The highest BCUT2D eigenvalue weighted by atomic mass is 127. The van der Waals surface area contributed by atoms with E-state index in [-0.39, 0.29) is 0 Å². The number of fused-ring (bicyclic) bond motifs is 1. The molecule has 3 rings (SSSR count). The Morgan fingerprint density at radius 3 is 2.90 bits per heavy atom. The Bertz CT molecular complexity index is 747. The van der Waals surface area contributed by atoms with E-state index in [2.05, 4.69) is 63.7 Å². The fourth-order valence-corrected chi connectivity index (χ4v) is 3.85. The molecular weight excluding hydrogens is 403 g/mol. The third-order valence-electron chi connectivity index (χ3n) is 3.38. The Hall–Kier alpha value is -0.590. The quantitative estimate of drug-likeness (QED) is 0.439. The van der Waals surface area contributed by atoms with E-state index in [1.807, 2.05) is 0 Å². The van der Waals surface area contributed by atoms with Gasteiger partial charge in [0.05, 0.1) is 17.6 Å². The van der Waals surface area contributed by atoms with Crippen LogP contribution >= 0.6 is 45.5 Å². The Kier molecular flexibility index (Phi) is 4.33. The molecule has 0 aliphatic heterocycles. The van der Waals surface area contributed by atoms with Crippen LogP contribution in [0, 0.1) is 10.5 Å². The molecule has 2 nitrogen and oxygen atoms in total. The first-order chi connectivity index (χ1) is 9.69. The largest absolute Gasteiger partial charge is 0.323 e. The summed E-state index contributed by atoms with van der Waals surface area (Å²) in [4.78, 5) is 6.14. The summed E-state index contributed by atoms with van der Waals surface area (Å²) in [6.45, 7) is 3.04. The summed E-state index contributed by atoms with van der Waals surface area (Å²) in [7, 11) is 0. The molecule has 2 aromatic heterocycles. The molecule has 3 aromatic rings. The third kappa shape index (κ3) is 2.73. The van der Waals surface area contributed by atoms with Gasteiger partial charge in [-0.1, -0.05) is 0 Å². The van der Waals surface area contributed by atoms with E-state index in [0.717, 1.165) is 24.3 Å². The SMILES string of the molecule is Cc1ccsc1Cn1c(CCCl)nc2cc(I)ccc21. The molecule has 0 radical (unpaired) electrons. The van der Waals surface area contributed by atoms with Gasteiger partial charge in [-0.15, -0.1) is 22.9 Å². The number of alkyl halides is 1. The lowest BCUT2D eigenvalue weighted by Gasteiger charge is -2.08. The lowest BCUT2D eigenvalue weighted by atomic mass is 10.2. The molecule has 0 saturated carbocycles. The summed E-state index contributed by atoms with van der Waals surface area (Å²) < 4.78 is 3.51. The monoisotopic (exact) mass is 416 g/mol. The topological polar surface area (TPSA) is 17.8 Å². The minimum Gasteiger partial charge on any atom is -0.323 e. The Morgan fingerprint density at radius 1 is 1.35 bits per heavy atom. The highest BCUT2D eigenvalue weighted by molar-refractivity contribution is 14.1. The van der Waals surface area contributed by atoms with Gasteiger partial charge in [0.15, 0.2) is 0 Å². The summed E-state index contributed by atoms with van der Waals surface area (Å²) in [6, 6.07) is 8.59. The second kappa shape index (κ2) is 6.03. The summed E-state index contributed by atoms with van der Waals surface area (Å²) in [5.74, 6) is 1.67. The zero-order valence-corrected chi connectivity index (χ0v) is 14.8. The Labute approximate surface area is 140 Å². The van der Waals surface area contributed by atoms with Crippen molar-refractivity contribution in [3.63, 3.8) is 0 Å². The maximum absolute atomic E-state index is 5.93. The molecule has 0 N–H and O–H groups in total. The first-order valence-electron chi connectivity index (χ1n) is 6.42. The van der Waals surface area contributed by atoms with E-state index in [1.54, 1.807) is 11.3 Å². The minimum absolute atomic E-state index is 0.601. The Morgan fingerprint density at radius 2 is 2.20 bits per heavy atom. The molecule has 0 spiro atoms. The predicted octanol–water partition coefficient (Wildman–Crippen LogP) is 4.84. The normalized spacial score (nSPS) is 11.3. The van der Waals surface area contributed by atoms with Crippen molar-refractivity contribution in [1.82, 2.24) is 9.55 Å². The molecule has 0 bridgehead atoms. The highest BCUT2D eigenvalue weighted by Gasteiger charge is 2.12. The maximum atomic E-state index is 5.93. The van der Waals surface area contributed by atoms with E-state index >= 15 is 0 Å². The average Bonchev–Trinajstić information content (AvgIpc) is 2.96. The van der Waals surface area contributed by atoms with E-state index in [9.17, 15) is 0 Å². The van der Waals surface area contributed by atoms with Gasteiger partial charge < -0.3 is 4.57 Å². The molecule has 0 saturated heterocycles.